The van der Waals surface area contributed by atoms with Gasteiger partial charge >= 0.3 is 0 Å². The van der Waals surface area contributed by atoms with Crippen LogP contribution in [0.3, 0.4) is 0 Å². The molecule has 0 aliphatic carbocycles. The molecule has 2 aromatic rings. The van der Waals surface area contributed by atoms with Crippen molar-refractivity contribution in [2.75, 3.05) is 23.8 Å². The third-order valence-electron chi connectivity index (χ3n) is 3.49. The Kier molecular flexibility index (Phi) is 3.21. The molecule has 3 rings (SSSR count). The number of carbonyl (C=O) groups is 2. The van der Waals surface area contributed by atoms with Crippen LogP contribution in [0.1, 0.15) is 16.1 Å². The number of aryl methyl sites for hydroxylation is 1. The van der Waals surface area contributed by atoms with E-state index in [9.17, 15) is 9.59 Å². The first-order chi connectivity index (χ1) is 10.5. The standard InChI is InChI=1S/C14H14N6O2/c1-7-3-9(12(15)22)16-4-8(7)10-5-17-13-14(19-10)20(2)11(21)6-18-13/h3-5H,6H2,1-2H3,(H2,15,22)(H,17,18). The number of anilines is 2. The van der Waals surface area contributed by atoms with Gasteiger partial charge in [0.1, 0.15) is 5.69 Å². The molecule has 2 aromatic heterocycles. The first-order valence-electron chi connectivity index (χ1n) is 6.61. The Hall–Kier alpha value is -3.03. The van der Waals surface area contributed by atoms with Gasteiger partial charge in [-0.3, -0.25) is 19.5 Å². The molecule has 0 saturated heterocycles. The monoisotopic (exact) mass is 298 g/mol. The first kappa shape index (κ1) is 13.9. The maximum atomic E-state index is 11.7. The summed E-state index contributed by atoms with van der Waals surface area (Å²) in [5.41, 5.74) is 7.51. The van der Waals surface area contributed by atoms with Crippen LogP contribution in [0.2, 0.25) is 0 Å². The fraction of sp³-hybridized carbons (Fsp3) is 0.214. The second-order valence-corrected chi connectivity index (χ2v) is 4.98. The lowest BCUT2D eigenvalue weighted by Crippen LogP contribution is -2.38. The summed E-state index contributed by atoms with van der Waals surface area (Å²) in [6.07, 6.45) is 3.13. The molecule has 1 aliphatic rings. The molecule has 3 N–H and O–H groups in total. The molecule has 1 aliphatic heterocycles. The van der Waals surface area contributed by atoms with Crippen LogP contribution in [0, 0.1) is 6.92 Å². The fourth-order valence-electron chi connectivity index (χ4n) is 2.22. The second-order valence-electron chi connectivity index (χ2n) is 4.98. The number of fused-ring (bicyclic) bond motifs is 1. The van der Waals surface area contributed by atoms with Gasteiger partial charge in [-0.1, -0.05) is 0 Å². The minimum absolute atomic E-state index is 0.0853. The summed E-state index contributed by atoms with van der Waals surface area (Å²) in [4.78, 5) is 37.1. The Morgan fingerprint density at radius 2 is 2.14 bits per heavy atom. The molecule has 0 unspecified atom stereocenters. The molecule has 8 nitrogen and oxygen atoms in total. The molecule has 0 saturated carbocycles. The highest BCUT2D eigenvalue weighted by Crippen LogP contribution is 2.28. The van der Waals surface area contributed by atoms with E-state index in [0.717, 1.165) is 11.1 Å². The van der Waals surface area contributed by atoms with E-state index in [1.807, 2.05) is 6.92 Å². The zero-order valence-corrected chi connectivity index (χ0v) is 12.1. The van der Waals surface area contributed by atoms with Crippen molar-refractivity contribution >= 4 is 23.5 Å². The van der Waals surface area contributed by atoms with Crippen LogP contribution in [-0.4, -0.2) is 40.4 Å². The number of nitrogens with zero attached hydrogens (tertiary/aromatic N) is 4. The number of pyridine rings is 1. The van der Waals surface area contributed by atoms with Crippen LogP contribution in [0.4, 0.5) is 11.6 Å². The Bertz CT molecular complexity index is 789. The number of carbonyl (C=O) groups excluding carboxylic acids is 2. The van der Waals surface area contributed by atoms with E-state index < -0.39 is 5.91 Å². The average molecular weight is 298 g/mol. The molecule has 0 bridgehead atoms. The van der Waals surface area contributed by atoms with Gasteiger partial charge < -0.3 is 11.1 Å². The predicted molar refractivity (Wildman–Crippen MR) is 80.4 cm³/mol. The van der Waals surface area contributed by atoms with Crippen molar-refractivity contribution in [3.05, 3.63) is 29.7 Å². The van der Waals surface area contributed by atoms with Crippen molar-refractivity contribution in [1.82, 2.24) is 15.0 Å². The molecule has 0 aromatic carbocycles. The first-order valence-corrected chi connectivity index (χ1v) is 6.61. The van der Waals surface area contributed by atoms with Gasteiger partial charge in [0, 0.05) is 18.8 Å². The topological polar surface area (TPSA) is 114 Å². The van der Waals surface area contributed by atoms with Gasteiger partial charge in [-0.25, -0.2) is 9.97 Å². The van der Waals surface area contributed by atoms with Crippen molar-refractivity contribution in [1.29, 1.82) is 0 Å². The molecule has 3 heterocycles. The molecule has 8 heteroatoms. The van der Waals surface area contributed by atoms with Gasteiger partial charge in [0.2, 0.25) is 5.91 Å². The summed E-state index contributed by atoms with van der Waals surface area (Å²) in [6, 6.07) is 1.60. The van der Waals surface area contributed by atoms with Crippen LogP contribution in [0.5, 0.6) is 0 Å². The van der Waals surface area contributed by atoms with Crippen molar-refractivity contribution in [2.45, 2.75) is 6.92 Å². The fourth-order valence-corrected chi connectivity index (χ4v) is 2.22. The normalized spacial score (nSPS) is 13.5. The molecule has 0 radical (unpaired) electrons. The maximum absolute atomic E-state index is 11.7. The zero-order valence-electron chi connectivity index (χ0n) is 12.1. The predicted octanol–water partition coefficient (Wildman–Crippen LogP) is 0.334. The largest absolute Gasteiger partial charge is 0.364 e. The minimum Gasteiger partial charge on any atom is -0.364 e. The summed E-state index contributed by atoms with van der Waals surface area (Å²) >= 11 is 0. The van der Waals surface area contributed by atoms with E-state index in [4.69, 9.17) is 5.73 Å². The number of likely N-dealkylation sites (N-methyl/N-ethyl adjacent to an activating group) is 1. The van der Waals surface area contributed by atoms with Gasteiger partial charge in [-0.2, -0.15) is 0 Å². The molecule has 112 valence electrons. The summed E-state index contributed by atoms with van der Waals surface area (Å²) < 4.78 is 0. The van der Waals surface area contributed by atoms with Gasteiger partial charge in [0.25, 0.3) is 5.91 Å². The number of nitrogens with two attached hydrogens (primary N) is 1. The molecular weight excluding hydrogens is 284 g/mol. The van der Waals surface area contributed by atoms with Gasteiger partial charge in [0.05, 0.1) is 18.4 Å². The summed E-state index contributed by atoms with van der Waals surface area (Å²) in [6.45, 7) is 2.03. The minimum atomic E-state index is -0.583. The summed E-state index contributed by atoms with van der Waals surface area (Å²) in [7, 11) is 1.65. The molecule has 22 heavy (non-hydrogen) atoms. The van der Waals surface area contributed by atoms with E-state index in [1.165, 1.54) is 11.1 Å². The molecular formula is C14H14N6O2. The summed E-state index contributed by atoms with van der Waals surface area (Å²) in [5, 5.41) is 2.92. The van der Waals surface area contributed by atoms with Crippen molar-refractivity contribution in [3.8, 4) is 11.3 Å². The molecule has 0 fully saturated rings. The lowest BCUT2D eigenvalue weighted by molar-refractivity contribution is -0.116. The highest BCUT2D eigenvalue weighted by Gasteiger charge is 2.23. The van der Waals surface area contributed by atoms with E-state index in [-0.39, 0.29) is 18.1 Å². The average Bonchev–Trinajstić information content (AvgIpc) is 2.50. The van der Waals surface area contributed by atoms with Crippen molar-refractivity contribution in [3.63, 3.8) is 0 Å². The van der Waals surface area contributed by atoms with Crippen LogP contribution in [-0.2, 0) is 4.79 Å². The number of amides is 2. The lowest BCUT2D eigenvalue weighted by Gasteiger charge is -2.25. The van der Waals surface area contributed by atoms with Gasteiger partial charge in [-0.05, 0) is 18.6 Å². The van der Waals surface area contributed by atoms with Gasteiger partial charge in [0.15, 0.2) is 11.6 Å². The van der Waals surface area contributed by atoms with Crippen LogP contribution >= 0.6 is 0 Å². The highest BCUT2D eigenvalue weighted by atomic mass is 16.2. The molecule has 0 atom stereocenters. The SMILES string of the molecule is Cc1cc(C(N)=O)ncc1-c1cnc2c(n1)N(C)C(=O)CN2. The molecule has 2 amide bonds. The summed E-state index contributed by atoms with van der Waals surface area (Å²) in [5.74, 6) is 0.357. The van der Waals surface area contributed by atoms with E-state index in [0.29, 0.717) is 17.3 Å². The van der Waals surface area contributed by atoms with E-state index in [2.05, 4.69) is 20.3 Å². The van der Waals surface area contributed by atoms with E-state index >= 15 is 0 Å². The zero-order chi connectivity index (χ0) is 15.9. The third-order valence-corrected chi connectivity index (χ3v) is 3.49. The number of primary amides is 1. The quantitative estimate of drug-likeness (QED) is 0.826. The van der Waals surface area contributed by atoms with E-state index in [1.54, 1.807) is 19.3 Å². The Labute approximate surface area is 126 Å². The molecule has 0 spiro atoms. The number of hydrogen-bond donors (Lipinski definition) is 2. The Morgan fingerprint density at radius 1 is 1.36 bits per heavy atom. The van der Waals surface area contributed by atoms with Crippen molar-refractivity contribution < 1.29 is 9.59 Å². The number of hydrogen-bond acceptors (Lipinski definition) is 6. The maximum Gasteiger partial charge on any atom is 0.267 e. The van der Waals surface area contributed by atoms with Crippen molar-refractivity contribution in [2.24, 2.45) is 5.73 Å². The van der Waals surface area contributed by atoms with Crippen LogP contribution < -0.4 is 16.0 Å². The number of nitrogens with one attached hydrogen (secondary N) is 1. The smallest absolute Gasteiger partial charge is 0.267 e. The Morgan fingerprint density at radius 3 is 2.82 bits per heavy atom. The van der Waals surface area contributed by atoms with Crippen LogP contribution in [0.15, 0.2) is 18.5 Å². The third kappa shape index (κ3) is 2.24. The Balaban J connectivity index is 2.06. The lowest BCUT2D eigenvalue weighted by atomic mass is 10.1. The number of rotatable bonds is 2. The highest BCUT2D eigenvalue weighted by molar-refractivity contribution is 6.00. The van der Waals surface area contributed by atoms with Gasteiger partial charge in [-0.15, -0.1) is 0 Å². The number of aromatic nitrogens is 3. The van der Waals surface area contributed by atoms with Crippen LogP contribution in [0.25, 0.3) is 11.3 Å². The second kappa shape index (κ2) is 5.06.